The molecule has 2 aliphatic heterocycles. The molecule has 198 valence electrons. The second-order valence-electron chi connectivity index (χ2n) is 13.0. The van der Waals surface area contributed by atoms with Gasteiger partial charge in [-0.15, -0.1) is 0 Å². The summed E-state index contributed by atoms with van der Waals surface area (Å²) in [5.74, 6) is 1.67. The fourth-order valence-corrected chi connectivity index (χ4v) is 8.89. The number of anilines is 1. The Morgan fingerprint density at radius 1 is 1.00 bits per heavy atom. The minimum absolute atomic E-state index is 0.170. The van der Waals surface area contributed by atoms with E-state index in [1.807, 2.05) is 17.0 Å². The molecule has 1 aromatic carbocycles. The van der Waals surface area contributed by atoms with Crippen molar-refractivity contribution in [1.82, 2.24) is 15.1 Å². The molecule has 2 unspecified atom stereocenters. The number of piperazine rings is 1. The molecule has 1 amide bonds. The number of hydrogen-bond acceptors (Lipinski definition) is 5. The average molecular weight is 495 g/mol. The van der Waals surface area contributed by atoms with Gasteiger partial charge in [0.1, 0.15) is 0 Å². The first-order chi connectivity index (χ1) is 17.3. The summed E-state index contributed by atoms with van der Waals surface area (Å²) in [6.45, 7) is 11.4. The Morgan fingerprint density at radius 3 is 2.22 bits per heavy atom. The van der Waals surface area contributed by atoms with Gasteiger partial charge in [-0.25, -0.2) is 0 Å². The predicted molar refractivity (Wildman–Crippen MR) is 144 cm³/mol. The van der Waals surface area contributed by atoms with E-state index in [9.17, 15) is 9.90 Å². The number of nitrogens with one attached hydrogen (secondary N) is 1. The maximum absolute atomic E-state index is 12.9. The van der Waals surface area contributed by atoms with E-state index in [1.54, 1.807) is 0 Å². The first kappa shape index (κ1) is 24.7. The van der Waals surface area contributed by atoms with Crippen molar-refractivity contribution in [3.05, 3.63) is 29.8 Å². The summed E-state index contributed by atoms with van der Waals surface area (Å²) >= 11 is 0. The standard InChI is InChI=1S/C30H46N4O2/c1-3-32-12-14-34(15-13-32)28(35)25-4-6-27(7-5-25)33-10-8-26(9-11-33)31-22(2)29-17-23-16-24(18-29)20-30(36,19-23)21-29/h4-7,22-24,26,31,36H,3,8-21H2,1-2H3/t22-,23-,24+,29?,30?/m0/s1. The number of piperidine rings is 1. The first-order valence-corrected chi connectivity index (χ1v) is 14.7. The molecule has 6 heteroatoms. The molecule has 36 heavy (non-hydrogen) atoms. The van der Waals surface area contributed by atoms with Crippen LogP contribution in [0.2, 0.25) is 0 Å². The smallest absolute Gasteiger partial charge is 0.253 e. The van der Waals surface area contributed by atoms with Crippen LogP contribution in [0.4, 0.5) is 5.69 Å². The van der Waals surface area contributed by atoms with Crippen molar-refractivity contribution in [2.24, 2.45) is 17.3 Å². The molecule has 2 saturated heterocycles. The second-order valence-corrected chi connectivity index (χ2v) is 13.0. The third-order valence-corrected chi connectivity index (χ3v) is 10.6. The first-order valence-electron chi connectivity index (χ1n) is 14.7. The van der Waals surface area contributed by atoms with Crippen LogP contribution >= 0.6 is 0 Å². The molecule has 0 aromatic heterocycles. The summed E-state index contributed by atoms with van der Waals surface area (Å²) in [7, 11) is 0. The van der Waals surface area contributed by atoms with Crippen LogP contribution in [-0.4, -0.2) is 84.3 Å². The van der Waals surface area contributed by atoms with Crippen molar-refractivity contribution < 1.29 is 9.90 Å². The Kier molecular flexibility index (Phi) is 6.58. The van der Waals surface area contributed by atoms with E-state index in [0.717, 1.165) is 95.3 Å². The fraction of sp³-hybridized carbons (Fsp3) is 0.767. The lowest BCUT2D eigenvalue weighted by molar-refractivity contribution is -0.172. The maximum Gasteiger partial charge on any atom is 0.253 e. The van der Waals surface area contributed by atoms with Gasteiger partial charge in [-0.3, -0.25) is 4.79 Å². The van der Waals surface area contributed by atoms with E-state index in [1.165, 1.54) is 24.9 Å². The Bertz CT molecular complexity index is 919. The highest BCUT2D eigenvalue weighted by molar-refractivity contribution is 5.94. The molecule has 4 aliphatic carbocycles. The van der Waals surface area contributed by atoms with Gasteiger partial charge < -0.3 is 25.1 Å². The average Bonchev–Trinajstić information content (AvgIpc) is 2.87. The molecule has 1 aromatic rings. The third-order valence-electron chi connectivity index (χ3n) is 10.6. The summed E-state index contributed by atoms with van der Waals surface area (Å²) in [5, 5.41) is 15.2. The molecule has 7 rings (SSSR count). The maximum atomic E-state index is 12.9. The summed E-state index contributed by atoms with van der Waals surface area (Å²) in [6, 6.07) is 9.36. The topological polar surface area (TPSA) is 59.0 Å². The molecule has 4 saturated carbocycles. The molecule has 2 N–H and O–H groups in total. The highest BCUT2D eigenvalue weighted by Crippen LogP contribution is 2.62. The van der Waals surface area contributed by atoms with Crippen molar-refractivity contribution >= 4 is 11.6 Å². The van der Waals surface area contributed by atoms with E-state index in [2.05, 4.69) is 41.1 Å². The number of amides is 1. The lowest BCUT2D eigenvalue weighted by Crippen LogP contribution is -2.62. The van der Waals surface area contributed by atoms with Crippen LogP contribution in [0.15, 0.2) is 24.3 Å². The number of rotatable bonds is 6. The van der Waals surface area contributed by atoms with Crippen LogP contribution in [0, 0.1) is 17.3 Å². The second kappa shape index (κ2) is 9.59. The number of hydrogen-bond donors (Lipinski definition) is 2. The molecule has 0 spiro atoms. The normalized spacial score (nSPS) is 35.9. The number of nitrogens with zero attached hydrogens (tertiary/aromatic N) is 3. The van der Waals surface area contributed by atoms with E-state index >= 15 is 0 Å². The number of carbonyl (C=O) groups is 1. The molecule has 6 fully saturated rings. The zero-order chi connectivity index (χ0) is 24.9. The number of likely N-dealkylation sites (N-methyl/N-ethyl adjacent to an activating group) is 1. The minimum Gasteiger partial charge on any atom is -0.390 e. The summed E-state index contributed by atoms with van der Waals surface area (Å²) in [6.07, 6.45) is 9.41. The van der Waals surface area contributed by atoms with Crippen LogP contribution < -0.4 is 10.2 Å². The zero-order valence-corrected chi connectivity index (χ0v) is 22.4. The zero-order valence-electron chi connectivity index (χ0n) is 22.4. The van der Waals surface area contributed by atoms with E-state index < -0.39 is 0 Å². The molecule has 6 nitrogen and oxygen atoms in total. The Labute approximate surface area is 217 Å². The summed E-state index contributed by atoms with van der Waals surface area (Å²) < 4.78 is 0. The quantitative estimate of drug-likeness (QED) is 0.631. The van der Waals surface area contributed by atoms with Gasteiger partial charge in [0.15, 0.2) is 0 Å². The Morgan fingerprint density at radius 2 is 1.64 bits per heavy atom. The van der Waals surface area contributed by atoms with Crippen LogP contribution in [0.25, 0.3) is 0 Å². The van der Waals surface area contributed by atoms with Crippen LogP contribution in [-0.2, 0) is 0 Å². The number of aliphatic hydroxyl groups is 1. The van der Waals surface area contributed by atoms with E-state index in [-0.39, 0.29) is 11.5 Å². The van der Waals surface area contributed by atoms with Gasteiger partial charge in [0.25, 0.3) is 5.91 Å². The third kappa shape index (κ3) is 4.69. The van der Waals surface area contributed by atoms with Gasteiger partial charge in [0.2, 0.25) is 0 Å². The van der Waals surface area contributed by atoms with Crippen LogP contribution in [0.1, 0.15) is 75.6 Å². The van der Waals surface area contributed by atoms with Gasteiger partial charge in [0.05, 0.1) is 5.60 Å². The lowest BCUT2D eigenvalue weighted by Gasteiger charge is -2.62. The summed E-state index contributed by atoms with van der Waals surface area (Å²) in [4.78, 5) is 19.8. The molecular weight excluding hydrogens is 448 g/mol. The number of carbonyl (C=O) groups excluding carboxylic acids is 1. The van der Waals surface area contributed by atoms with Crippen LogP contribution in [0.5, 0.6) is 0 Å². The van der Waals surface area contributed by atoms with Crippen molar-refractivity contribution in [2.45, 2.75) is 82.9 Å². The lowest BCUT2D eigenvalue weighted by atomic mass is 9.46. The van der Waals surface area contributed by atoms with E-state index in [0.29, 0.717) is 17.5 Å². The Hall–Kier alpha value is -1.63. The van der Waals surface area contributed by atoms with E-state index in [4.69, 9.17) is 0 Å². The van der Waals surface area contributed by atoms with Gasteiger partial charge in [-0.1, -0.05) is 6.92 Å². The van der Waals surface area contributed by atoms with Gasteiger partial charge in [0, 0.05) is 62.6 Å². The van der Waals surface area contributed by atoms with Crippen molar-refractivity contribution in [3.8, 4) is 0 Å². The van der Waals surface area contributed by atoms with Crippen LogP contribution in [0.3, 0.4) is 0 Å². The molecule has 4 bridgehead atoms. The number of benzene rings is 1. The molecule has 0 radical (unpaired) electrons. The van der Waals surface area contributed by atoms with Crippen molar-refractivity contribution in [2.75, 3.05) is 50.7 Å². The summed E-state index contributed by atoms with van der Waals surface area (Å²) in [5.41, 5.74) is 1.98. The highest BCUT2D eigenvalue weighted by Gasteiger charge is 2.58. The molecule has 2 heterocycles. The SMILES string of the molecule is CCN1CCN(C(=O)c2ccc(N3CCC(N[C@@H](C)C45C[C@@H]6C[C@@H](CC(O)(C6)C4)C5)CC3)cc2)CC1. The van der Waals surface area contributed by atoms with Crippen molar-refractivity contribution in [1.29, 1.82) is 0 Å². The van der Waals surface area contributed by atoms with Crippen molar-refractivity contribution in [3.63, 3.8) is 0 Å². The Balaban J connectivity index is 1.01. The molecule has 6 aliphatic rings. The monoisotopic (exact) mass is 494 g/mol. The molecule has 5 atom stereocenters. The van der Waals surface area contributed by atoms with Gasteiger partial charge >= 0.3 is 0 Å². The minimum atomic E-state index is -0.374. The fourth-order valence-electron chi connectivity index (χ4n) is 8.89. The van der Waals surface area contributed by atoms with Gasteiger partial charge in [-0.2, -0.15) is 0 Å². The van der Waals surface area contributed by atoms with Gasteiger partial charge in [-0.05, 0) is 106 Å². The largest absolute Gasteiger partial charge is 0.390 e. The predicted octanol–water partition coefficient (Wildman–Crippen LogP) is 3.74. The molecular formula is C30H46N4O2. The highest BCUT2D eigenvalue weighted by atomic mass is 16.3.